The summed E-state index contributed by atoms with van der Waals surface area (Å²) in [6.07, 6.45) is 3.43. The van der Waals surface area contributed by atoms with Crippen molar-refractivity contribution in [1.82, 2.24) is 4.31 Å². The molecule has 2 rings (SSSR count). The molecule has 7 heteroatoms. The zero-order chi connectivity index (χ0) is 16.2. The highest BCUT2D eigenvalue weighted by molar-refractivity contribution is 7.98. The van der Waals surface area contributed by atoms with Gasteiger partial charge in [0.1, 0.15) is 0 Å². The number of carbonyl (C=O) groups excluding carboxylic acids is 1. The summed E-state index contributed by atoms with van der Waals surface area (Å²) < 4.78 is 25.4. The van der Waals surface area contributed by atoms with Crippen LogP contribution in [0.3, 0.4) is 0 Å². The molecule has 1 fully saturated rings. The van der Waals surface area contributed by atoms with Crippen LogP contribution >= 0.6 is 11.8 Å². The molecular weight excluding hydrogens is 320 g/mol. The van der Waals surface area contributed by atoms with E-state index >= 15 is 0 Å². The first-order valence-corrected chi connectivity index (χ1v) is 10.2. The van der Waals surface area contributed by atoms with Crippen molar-refractivity contribution in [3.8, 4) is 0 Å². The molecule has 1 aromatic carbocycles. The molecule has 1 heterocycles. The van der Waals surface area contributed by atoms with E-state index < -0.39 is 10.0 Å². The van der Waals surface area contributed by atoms with Crippen LogP contribution in [-0.4, -0.2) is 43.7 Å². The average molecular weight is 342 g/mol. The highest BCUT2D eigenvalue weighted by atomic mass is 32.2. The first-order chi connectivity index (χ1) is 10.5. The SMILES string of the molecule is CCS(=O)(=O)N1CCCC(C(=O)Nc2cccc(SC)c2)C1. The number of thioether (sulfide) groups is 1. The van der Waals surface area contributed by atoms with Crippen molar-refractivity contribution in [2.75, 3.05) is 30.4 Å². The smallest absolute Gasteiger partial charge is 0.228 e. The molecule has 1 unspecified atom stereocenters. The minimum absolute atomic E-state index is 0.0805. The van der Waals surface area contributed by atoms with Gasteiger partial charge in [0.2, 0.25) is 15.9 Å². The van der Waals surface area contributed by atoms with Gasteiger partial charge in [0.05, 0.1) is 11.7 Å². The van der Waals surface area contributed by atoms with Gasteiger partial charge >= 0.3 is 0 Å². The second kappa shape index (κ2) is 7.48. The van der Waals surface area contributed by atoms with E-state index in [1.54, 1.807) is 18.7 Å². The van der Waals surface area contributed by atoms with E-state index in [9.17, 15) is 13.2 Å². The Balaban J connectivity index is 2.03. The van der Waals surface area contributed by atoms with Gasteiger partial charge in [0.15, 0.2) is 0 Å². The van der Waals surface area contributed by atoms with Crippen LogP contribution in [0, 0.1) is 5.92 Å². The lowest BCUT2D eigenvalue weighted by Crippen LogP contribution is -2.44. The molecule has 1 atom stereocenters. The number of amides is 1. The van der Waals surface area contributed by atoms with Crippen molar-refractivity contribution < 1.29 is 13.2 Å². The van der Waals surface area contributed by atoms with Crippen molar-refractivity contribution >= 4 is 33.4 Å². The number of anilines is 1. The molecule has 0 saturated carbocycles. The Labute approximate surface area is 136 Å². The largest absolute Gasteiger partial charge is 0.326 e. The lowest BCUT2D eigenvalue weighted by Gasteiger charge is -2.30. The third-order valence-corrected chi connectivity index (χ3v) is 6.42. The van der Waals surface area contributed by atoms with Crippen LogP contribution in [0.4, 0.5) is 5.69 Å². The quantitative estimate of drug-likeness (QED) is 0.835. The van der Waals surface area contributed by atoms with Crippen molar-refractivity contribution in [3.05, 3.63) is 24.3 Å². The number of carbonyl (C=O) groups is 1. The van der Waals surface area contributed by atoms with E-state index in [4.69, 9.17) is 0 Å². The Morgan fingerprint density at radius 3 is 2.91 bits per heavy atom. The van der Waals surface area contributed by atoms with Gasteiger partial charge in [-0.25, -0.2) is 12.7 Å². The van der Waals surface area contributed by atoms with Gasteiger partial charge in [-0.2, -0.15) is 0 Å². The number of nitrogens with zero attached hydrogens (tertiary/aromatic N) is 1. The number of hydrogen-bond donors (Lipinski definition) is 1. The Hall–Kier alpha value is -1.05. The first-order valence-electron chi connectivity index (χ1n) is 7.39. The molecule has 0 bridgehead atoms. The van der Waals surface area contributed by atoms with Crippen LogP contribution in [0.1, 0.15) is 19.8 Å². The summed E-state index contributed by atoms with van der Waals surface area (Å²) >= 11 is 1.61. The van der Waals surface area contributed by atoms with Gasteiger partial charge in [-0.15, -0.1) is 11.8 Å². The summed E-state index contributed by atoms with van der Waals surface area (Å²) in [7, 11) is -3.22. The van der Waals surface area contributed by atoms with Gasteiger partial charge < -0.3 is 5.32 Å². The van der Waals surface area contributed by atoms with Crippen molar-refractivity contribution in [2.24, 2.45) is 5.92 Å². The molecule has 1 aromatic rings. The number of rotatable bonds is 5. The highest BCUT2D eigenvalue weighted by Gasteiger charge is 2.31. The van der Waals surface area contributed by atoms with E-state index in [1.165, 1.54) is 4.31 Å². The molecule has 0 aliphatic carbocycles. The van der Waals surface area contributed by atoms with Crippen LogP contribution in [0.5, 0.6) is 0 Å². The van der Waals surface area contributed by atoms with Crippen molar-refractivity contribution in [2.45, 2.75) is 24.7 Å². The molecular formula is C15H22N2O3S2. The predicted molar refractivity (Wildman–Crippen MR) is 90.6 cm³/mol. The zero-order valence-corrected chi connectivity index (χ0v) is 14.5. The van der Waals surface area contributed by atoms with Gasteiger partial charge in [-0.3, -0.25) is 4.79 Å². The summed E-state index contributed by atoms with van der Waals surface area (Å²) in [5.41, 5.74) is 0.757. The van der Waals surface area contributed by atoms with Gasteiger partial charge in [0.25, 0.3) is 0 Å². The zero-order valence-electron chi connectivity index (χ0n) is 12.9. The molecule has 0 spiro atoms. The van der Waals surface area contributed by atoms with Crippen molar-refractivity contribution in [3.63, 3.8) is 0 Å². The highest BCUT2D eigenvalue weighted by Crippen LogP contribution is 2.23. The Morgan fingerprint density at radius 2 is 2.23 bits per heavy atom. The number of benzene rings is 1. The number of piperidine rings is 1. The Bertz CT molecular complexity index is 631. The molecule has 0 aromatic heterocycles. The molecule has 1 aliphatic heterocycles. The summed E-state index contributed by atoms with van der Waals surface area (Å²) in [4.78, 5) is 13.5. The summed E-state index contributed by atoms with van der Waals surface area (Å²) in [6, 6.07) is 7.65. The maximum atomic E-state index is 12.4. The number of hydrogen-bond acceptors (Lipinski definition) is 4. The van der Waals surface area contributed by atoms with Gasteiger partial charge in [0, 0.05) is 23.7 Å². The van der Waals surface area contributed by atoms with E-state index in [0.29, 0.717) is 6.54 Å². The van der Waals surface area contributed by atoms with Crippen LogP contribution < -0.4 is 5.32 Å². The van der Waals surface area contributed by atoms with Crippen molar-refractivity contribution in [1.29, 1.82) is 0 Å². The second-order valence-corrected chi connectivity index (χ2v) is 8.46. The predicted octanol–water partition coefficient (Wildman–Crippen LogP) is 2.41. The van der Waals surface area contributed by atoms with Crippen LogP contribution in [0.2, 0.25) is 0 Å². The first kappa shape index (κ1) is 17.3. The average Bonchev–Trinajstić information content (AvgIpc) is 2.55. The molecule has 0 radical (unpaired) electrons. The third kappa shape index (κ3) is 4.24. The van der Waals surface area contributed by atoms with Crippen LogP contribution in [0.25, 0.3) is 0 Å². The number of sulfonamides is 1. The summed E-state index contributed by atoms with van der Waals surface area (Å²) in [5, 5.41) is 2.90. The lowest BCUT2D eigenvalue weighted by atomic mass is 9.99. The van der Waals surface area contributed by atoms with E-state index in [-0.39, 0.29) is 24.1 Å². The summed E-state index contributed by atoms with van der Waals surface area (Å²) in [6.45, 7) is 2.43. The Kier molecular flexibility index (Phi) is 5.88. The number of nitrogens with one attached hydrogen (secondary N) is 1. The fourth-order valence-corrected chi connectivity index (χ4v) is 4.18. The van der Waals surface area contributed by atoms with Gasteiger partial charge in [-0.1, -0.05) is 6.07 Å². The fourth-order valence-electron chi connectivity index (χ4n) is 2.54. The minimum atomic E-state index is -3.22. The molecule has 1 amide bonds. The fraction of sp³-hybridized carbons (Fsp3) is 0.533. The van der Waals surface area contributed by atoms with Crippen LogP contribution in [0.15, 0.2) is 29.2 Å². The van der Waals surface area contributed by atoms with E-state index in [0.717, 1.165) is 23.4 Å². The monoisotopic (exact) mass is 342 g/mol. The maximum absolute atomic E-state index is 12.4. The van der Waals surface area contributed by atoms with Gasteiger partial charge in [-0.05, 0) is 44.2 Å². The normalized spacial score (nSPS) is 19.8. The van der Waals surface area contributed by atoms with Crippen LogP contribution in [-0.2, 0) is 14.8 Å². The minimum Gasteiger partial charge on any atom is -0.326 e. The maximum Gasteiger partial charge on any atom is 0.228 e. The molecule has 1 saturated heterocycles. The Morgan fingerprint density at radius 1 is 1.45 bits per heavy atom. The van der Waals surface area contributed by atoms with E-state index in [2.05, 4.69) is 5.32 Å². The molecule has 1 N–H and O–H groups in total. The molecule has 5 nitrogen and oxygen atoms in total. The standard InChI is InChI=1S/C15H22N2O3S2/c1-3-22(19,20)17-9-5-6-12(11-17)15(18)16-13-7-4-8-14(10-13)21-2/h4,7-8,10,12H,3,5-6,9,11H2,1-2H3,(H,16,18). The van der Waals surface area contributed by atoms with E-state index in [1.807, 2.05) is 30.5 Å². The summed E-state index contributed by atoms with van der Waals surface area (Å²) in [5.74, 6) is -0.306. The topological polar surface area (TPSA) is 66.5 Å². The molecule has 1 aliphatic rings. The molecule has 122 valence electrons. The third-order valence-electron chi connectivity index (χ3n) is 3.85. The lowest BCUT2D eigenvalue weighted by molar-refractivity contribution is -0.120. The second-order valence-electron chi connectivity index (χ2n) is 5.32. The molecule has 22 heavy (non-hydrogen) atoms.